The van der Waals surface area contributed by atoms with Crippen LogP contribution in [0.2, 0.25) is 0 Å². The highest BCUT2D eigenvalue weighted by Gasteiger charge is 2.41. The summed E-state index contributed by atoms with van der Waals surface area (Å²) in [5, 5.41) is 0. The largest absolute Gasteiger partial charge is 0.573 e. The van der Waals surface area contributed by atoms with Crippen LogP contribution >= 0.6 is 0 Å². The number of halogens is 3. The second-order valence-electron chi connectivity index (χ2n) is 9.00. The SMILES string of the molecule is COC(=O)[C@@H]1Cc2cccc(S(=O)(=O)N3[C@H](C)CN(c4ccc(OC(F)(F)F)cc4)C[C@@H]3C)c2C1. The van der Waals surface area contributed by atoms with Crippen LogP contribution < -0.4 is 9.64 Å². The first-order chi connectivity index (χ1) is 16.4. The monoisotopic (exact) mass is 512 g/mol. The zero-order valence-corrected chi connectivity index (χ0v) is 20.4. The van der Waals surface area contributed by atoms with E-state index in [1.54, 1.807) is 12.1 Å². The Balaban J connectivity index is 1.54. The molecule has 4 rings (SSSR count). The average Bonchev–Trinajstić information content (AvgIpc) is 3.21. The summed E-state index contributed by atoms with van der Waals surface area (Å²) in [4.78, 5) is 14.2. The third-order valence-corrected chi connectivity index (χ3v) is 8.72. The highest BCUT2D eigenvalue weighted by atomic mass is 32.2. The van der Waals surface area contributed by atoms with Crippen molar-refractivity contribution in [1.82, 2.24) is 4.31 Å². The van der Waals surface area contributed by atoms with Gasteiger partial charge in [0.2, 0.25) is 10.0 Å². The third kappa shape index (κ3) is 5.11. The van der Waals surface area contributed by atoms with Gasteiger partial charge in [-0.15, -0.1) is 13.2 Å². The molecule has 0 saturated carbocycles. The molecule has 2 aromatic rings. The molecule has 0 unspecified atom stereocenters. The van der Waals surface area contributed by atoms with Crippen molar-refractivity contribution in [3.05, 3.63) is 53.6 Å². The van der Waals surface area contributed by atoms with E-state index in [9.17, 15) is 26.4 Å². The number of alkyl halides is 3. The van der Waals surface area contributed by atoms with E-state index < -0.39 is 34.4 Å². The molecule has 0 bridgehead atoms. The van der Waals surface area contributed by atoms with Gasteiger partial charge < -0.3 is 14.4 Å². The number of piperazine rings is 1. The van der Waals surface area contributed by atoms with E-state index >= 15 is 0 Å². The van der Waals surface area contributed by atoms with E-state index in [2.05, 4.69) is 4.74 Å². The molecule has 7 nitrogen and oxygen atoms in total. The Hall–Kier alpha value is -2.79. The van der Waals surface area contributed by atoms with Crippen LogP contribution in [0.25, 0.3) is 0 Å². The smallest absolute Gasteiger partial charge is 0.469 e. The number of fused-ring (bicyclic) bond motifs is 1. The van der Waals surface area contributed by atoms with E-state index in [0.717, 1.165) is 5.56 Å². The molecule has 190 valence electrons. The van der Waals surface area contributed by atoms with E-state index in [1.807, 2.05) is 24.8 Å². The van der Waals surface area contributed by atoms with Gasteiger partial charge in [-0.05, 0) is 68.1 Å². The van der Waals surface area contributed by atoms with Gasteiger partial charge in [0, 0.05) is 30.9 Å². The Morgan fingerprint density at radius 3 is 2.20 bits per heavy atom. The molecule has 35 heavy (non-hydrogen) atoms. The number of anilines is 1. The Labute approximate surface area is 202 Å². The van der Waals surface area contributed by atoms with Crippen molar-refractivity contribution in [2.45, 2.75) is 50.0 Å². The fourth-order valence-electron chi connectivity index (χ4n) is 5.16. The second kappa shape index (κ2) is 9.34. The number of carbonyl (C=O) groups excluding carboxylic acids is 1. The number of hydrogen-bond acceptors (Lipinski definition) is 6. The lowest BCUT2D eigenvalue weighted by atomic mass is 10.1. The highest BCUT2D eigenvalue weighted by molar-refractivity contribution is 7.89. The summed E-state index contributed by atoms with van der Waals surface area (Å²) < 4.78 is 75.2. The molecule has 0 amide bonds. The Morgan fingerprint density at radius 2 is 1.63 bits per heavy atom. The maximum atomic E-state index is 13.8. The lowest BCUT2D eigenvalue weighted by Gasteiger charge is -2.44. The average molecular weight is 513 g/mol. The van der Waals surface area contributed by atoms with Gasteiger partial charge in [0.15, 0.2) is 0 Å². The molecule has 3 atom stereocenters. The Morgan fingerprint density at radius 1 is 1.00 bits per heavy atom. The van der Waals surface area contributed by atoms with Gasteiger partial charge in [0.1, 0.15) is 5.75 Å². The molecule has 0 spiro atoms. The number of hydrogen-bond donors (Lipinski definition) is 0. The van der Waals surface area contributed by atoms with Gasteiger partial charge in [-0.25, -0.2) is 8.42 Å². The molecule has 2 aliphatic rings. The van der Waals surface area contributed by atoms with Crippen molar-refractivity contribution in [3.8, 4) is 5.75 Å². The quantitative estimate of drug-likeness (QED) is 0.568. The van der Waals surface area contributed by atoms with Gasteiger partial charge in [-0.1, -0.05) is 12.1 Å². The molecular weight excluding hydrogens is 485 g/mol. The van der Waals surface area contributed by atoms with Crippen LogP contribution in [-0.2, 0) is 32.4 Å². The van der Waals surface area contributed by atoms with Gasteiger partial charge in [0.05, 0.1) is 17.9 Å². The molecule has 0 N–H and O–H groups in total. The zero-order chi connectivity index (χ0) is 25.5. The highest BCUT2D eigenvalue weighted by Crippen LogP contribution is 2.36. The molecule has 2 aromatic carbocycles. The Kier molecular flexibility index (Phi) is 6.76. The molecule has 1 aliphatic carbocycles. The number of ether oxygens (including phenoxy) is 2. The fraction of sp³-hybridized carbons (Fsp3) is 0.458. The van der Waals surface area contributed by atoms with Crippen LogP contribution in [-0.4, -0.2) is 57.3 Å². The molecule has 0 aromatic heterocycles. The molecule has 1 heterocycles. The topological polar surface area (TPSA) is 76.2 Å². The standard InChI is InChI=1S/C24H27F3N2O5S/c1-15-13-28(19-7-9-20(10-8-19)34-24(25,26)27)14-16(2)29(15)35(31,32)22-6-4-5-17-11-18(12-21(17)22)23(30)33-3/h4-10,15-16,18H,11-14H2,1-3H3/t15-,16+,18-/m1/s1. The van der Waals surface area contributed by atoms with Crippen LogP contribution in [0.15, 0.2) is 47.4 Å². The number of sulfonamides is 1. The van der Waals surface area contributed by atoms with Crippen molar-refractivity contribution in [2.75, 3.05) is 25.1 Å². The molecule has 1 fully saturated rings. The Bertz CT molecular complexity index is 1190. The molecule has 1 saturated heterocycles. The first kappa shape index (κ1) is 25.3. The summed E-state index contributed by atoms with van der Waals surface area (Å²) in [7, 11) is -2.54. The van der Waals surface area contributed by atoms with E-state index in [0.29, 0.717) is 37.2 Å². The predicted molar refractivity (Wildman–Crippen MR) is 123 cm³/mol. The van der Waals surface area contributed by atoms with E-state index in [4.69, 9.17) is 4.74 Å². The lowest BCUT2D eigenvalue weighted by Crippen LogP contribution is -2.58. The van der Waals surface area contributed by atoms with Crippen molar-refractivity contribution in [2.24, 2.45) is 5.92 Å². The maximum absolute atomic E-state index is 13.8. The summed E-state index contributed by atoms with van der Waals surface area (Å²) in [5.74, 6) is -1.07. The molecular formula is C24H27F3N2O5S. The van der Waals surface area contributed by atoms with Crippen molar-refractivity contribution in [1.29, 1.82) is 0 Å². The second-order valence-corrected chi connectivity index (χ2v) is 10.8. The van der Waals surface area contributed by atoms with Gasteiger partial charge in [0.25, 0.3) is 0 Å². The minimum Gasteiger partial charge on any atom is -0.469 e. The summed E-state index contributed by atoms with van der Waals surface area (Å²) in [5.41, 5.74) is 2.17. The number of carbonyl (C=O) groups is 1. The van der Waals surface area contributed by atoms with Gasteiger partial charge >= 0.3 is 12.3 Å². The lowest BCUT2D eigenvalue weighted by molar-refractivity contribution is -0.274. The van der Waals surface area contributed by atoms with Gasteiger partial charge in [-0.2, -0.15) is 4.31 Å². The minimum absolute atomic E-state index is 0.210. The molecule has 11 heteroatoms. The van der Waals surface area contributed by atoms with E-state index in [1.165, 1.54) is 35.7 Å². The van der Waals surface area contributed by atoms with Gasteiger partial charge in [-0.3, -0.25) is 4.79 Å². The van der Waals surface area contributed by atoms with Crippen molar-refractivity contribution >= 4 is 21.7 Å². The van der Waals surface area contributed by atoms with Crippen molar-refractivity contribution in [3.63, 3.8) is 0 Å². The van der Waals surface area contributed by atoms with E-state index in [-0.39, 0.29) is 16.6 Å². The first-order valence-corrected chi connectivity index (χ1v) is 12.7. The van der Waals surface area contributed by atoms with Crippen LogP contribution in [0, 0.1) is 5.92 Å². The zero-order valence-electron chi connectivity index (χ0n) is 19.6. The minimum atomic E-state index is -4.76. The number of esters is 1. The normalized spacial score (nSPS) is 23.1. The maximum Gasteiger partial charge on any atom is 0.573 e. The fourth-order valence-corrected chi connectivity index (χ4v) is 7.24. The molecule has 1 aliphatic heterocycles. The number of methoxy groups -OCH3 is 1. The van der Waals surface area contributed by atoms with Crippen molar-refractivity contribution < 1.29 is 35.9 Å². The van der Waals surface area contributed by atoms with Crippen LogP contribution in [0.5, 0.6) is 5.75 Å². The molecule has 0 radical (unpaired) electrons. The number of rotatable bonds is 5. The van der Waals surface area contributed by atoms with Crippen LogP contribution in [0.1, 0.15) is 25.0 Å². The van der Waals surface area contributed by atoms with Crippen LogP contribution in [0.4, 0.5) is 18.9 Å². The number of nitrogens with zero attached hydrogens (tertiary/aromatic N) is 2. The summed E-state index contributed by atoms with van der Waals surface area (Å²) in [6.45, 7) is 4.34. The predicted octanol–water partition coefficient (Wildman–Crippen LogP) is 3.76. The summed E-state index contributed by atoms with van der Waals surface area (Å²) in [6.07, 6.45) is -4.01. The summed E-state index contributed by atoms with van der Waals surface area (Å²) in [6, 6.07) is 9.86. The number of benzene rings is 2. The first-order valence-electron chi connectivity index (χ1n) is 11.2. The van der Waals surface area contributed by atoms with Crippen LogP contribution in [0.3, 0.4) is 0 Å². The third-order valence-electron chi connectivity index (χ3n) is 6.51. The summed E-state index contributed by atoms with van der Waals surface area (Å²) >= 11 is 0.